The number of sulfonamides is 1. The standard InChI is InChI=1S/C18H21NO5S/c1-22-16-10-12-7-8-24-18(15(12)11-17(16)23-2)13-5-4-6-14(9-13)19-25(3,20)21/h4-6,9-11,18-19H,7-8H2,1-3H3/t18-/m1/s1. The minimum Gasteiger partial charge on any atom is -0.493 e. The van der Waals surface area contributed by atoms with E-state index in [0.29, 0.717) is 23.8 Å². The van der Waals surface area contributed by atoms with Gasteiger partial charge >= 0.3 is 0 Å². The summed E-state index contributed by atoms with van der Waals surface area (Å²) in [5, 5.41) is 0. The lowest BCUT2D eigenvalue weighted by atomic mass is 9.92. The van der Waals surface area contributed by atoms with Gasteiger partial charge in [0.25, 0.3) is 0 Å². The Morgan fingerprint density at radius 1 is 1.12 bits per heavy atom. The van der Waals surface area contributed by atoms with Gasteiger partial charge in [0.05, 0.1) is 27.1 Å². The fraction of sp³-hybridized carbons (Fsp3) is 0.333. The van der Waals surface area contributed by atoms with Gasteiger partial charge in [-0.25, -0.2) is 8.42 Å². The van der Waals surface area contributed by atoms with E-state index in [9.17, 15) is 8.42 Å². The van der Waals surface area contributed by atoms with Crippen LogP contribution in [0.25, 0.3) is 0 Å². The van der Waals surface area contributed by atoms with Crippen LogP contribution >= 0.6 is 0 Å². The van der Waals surface area contributed by atoms with Crippen LogP contribution in [0, 0.1) is 0 Å². The van der Waals surface area contributed by atoms with Crippen molar-refractivity contribution >= 4 is 15.7 Å². The van der Waals surface area contributed by atoms with E-state index in [4.69, 9.17) is 14.2 Å². The second-order valence-corrected chi connectivity index (χ2v) is 7.65. The first kappa shape index (κ1) is 17.6. The SMILES string of the molecule is COc1cc2c(cc1OC)[C@@H](c1cccc(NS(C)(=O)=O)c1)OCC2. The first-order valence-corrected chi connectivity index (χ1v) is 9.74. The lowest BCUT2D eigenvalue weighted by Crippen LogP contribution is -2.18. The number of ether oxygens (including phenoxy) is 3. The van der Waals surface area contributed by atoms with E-state index < -0.39 is 10.0 Å². The van der Waals surface area contributed by atoms with Crippen LogP contribution in [0.5, 0.6) is 11.5 Å². The predicted molar refractivity (Wildman–Crippen MR) is 96.0 cm³/mol. The summed E-state index contributed by atoms with van der Waals surface area (Å²) < 4.78 is 42.2. The maximum absolute atomic E-state index is 11.5. The highest BCUT2D eigenvalue weighted by Gasteiger charge is 2.25. The van der Waals surface area contributed by atoms with E-state index in [0.717, 1.165) is 29.4 Å². The third-order valence-electron chi connectivity index (χ3n) is 4.08. The fourth-order valence-electron chi connectivity index (χ4n) is 3.03. The molecule has 2 aromatic carbocycles. The van der Waals surface area contributed by atoms with Gasteiger partial charge in [-0.15, -0.1) is 0 Å². The summed E-state index contributed by atoms with van der Waals surface area (Å²) in [5.41, 5.74) is 3.52. The normalized spacial score (nSPS) is 16.8. The molecule has 1 aliphatic heterocycles. The molecule has 2 aromatic rings. The average molecular weight is 363 g/mol. The van der Waals surface area contributed by atoms with Crippen molar-refractivity contribution < 1.29 is 22.6 Å². The van der Waals surface area contributed by atoms with E-state index in [2.05, 4.69) is 4.72 Å². The number of methoxy groups -OCH3 is 2. The van der Waals surface area contributed by atoms with E-state index in [1.54, 1.807) is 32.4 Å². The molecule has 0 saturated heterocycles. The van der Waals surface area contributed by atoms with E-state index in [1.807, 2.05) is 18.2 Å². The molecule has 3 rings (SSSR count). The third-order valence-corrected chi connectivity index (χ3v) is 4.68. The van der Waals surface area contributed by atoms with Crippen molar-refractivity contribution in [2.45, 2.75) is 12.5 Å². The highest BCUT2D eigenvalue weighted by atomic mass is 32.2. The number of anilines is 1. The summed E-state index contributed by atoms with van der Waals surface area (Å²) in [4.78, 5) is 0. The molecule has 6 nitrogen and oxygen atoms in total. The van der Waals surface area contributed by atoms with Crippen LogP contribution in [0.3, 0.4) is 0 Å². The molecule has 0 radical (unpaired) electrons. The smallest absolute Gasteiger partial charge is 0.229 e. The second-order valence-electron chi connectivity index (χ2n) is 5.91. The van der Waals surface area contributed by atoms with Gasteiger partial charge < -0.3 is 14.2 Å². The zero-order chi connectivity index (χ0) is 18.0. The Kier molecular flexibility index (Phi) is 4.87. The second kappa shape index (κ2) is 6.93. The predicted octanol–water partition coefficient (Wildman–Crippen LogP) is 2.74. The summed E-state index contributed by atoms with van der Waals surface area (Å²) in [7, 11) is -0.123. The molecule has 0 fully saturated rings. The molecule has 0 saturated carbocycles. The summed E-state index contributed by atoms with van der Waals surface area (Å²) in [6.07, 6.45) is 1.63. The molecular weight excluding hydrogens is 342 g/mol. The van der Waals surface area contributed by atoms with Crippen molar-refractivity contribution in [3.05, 3.63) is 53.1 Å². The molecule has 1 N–H and O–H groups in total. The monoisotopic (exact) mass is 363 g/mol. The topological polar surface area (TPSA) is 73.9 Å². The highest BCUT2D eigenvalue weighted by molar-refractivity contribution is 7.92. The molecule has 7 heteroatoms. The van der Waals surface area contributed by atoms with Gasteiger partial charge in [-0.05, 0) is 47.4 Å². The minimum absolute atomic E-state index is 0.287. The largest absolute Gasteiger partial charge is 0.493 e. The van der Waals surface area contributed by atoms with Gasteiger partial charge in [-0.3, -0.25) is 4.72 Å². The first-order valence-electron chi connectivity index (χ1n) is 7.85. The van der Waals surface area contributed by atoms with Crippen LogP contribution in [0.2, 0.25) is 0 Å². The van der Waals surface area contributed by atoms with Crippen molar-refractivity contribution in [3.8, 4) is 11.5 Å². The van der Waals surface area contributed by atoms with E-state index in [1.165, 1.54) is 0 Å². The van der Waals surface area contributed by atoms with Gasteiger partial charge in [-0.2, -0.15) is 0 Å². The van der Waals surface area contributed by atoms with Gasteiger partial charge in [0.15, 0.2) is 11.5 Å². The molecular formula is C18H21NO5S. The van der Waals surface area contributed by atoms with E-state index in [-0.39, 0.29) is 6.10 Å². The van der Waals surface area contributed by atoms with Gasteiger partial charge in [0.1, 0.15) is 6.10 Å². The molecule has 0 aliphatic carbocycles. The van der Waals surface area contributed by atoms with Crippen LogP contribution in [0.1, 0.15) is 22.8 Å². The van der Waals surface area contributed by atoms with Gasteiger partial charge in [0.2, 0.25) is 10.0 Å². The van der Waals surface area contributed by atoms with Crippen LogP contribution in [0.15, 0.2) is 36.4 Å². The van der Waals surface area contributed by atoms with Crippen LogP contribution in [0.4, 0.5) is 5.69 Å². The molecule has 0 amide bonds. The van der Waals surface area contributed by atoms with Gasteiger partial charge in [0, 0.05) is 5.69 Å². The Labute approximate surface area is 147 Å². The Hall–Kier alpha value is -2.25. The van der Waals surface area contributed by atoms with Crippen LogP contribution in [-0.4, -0.2) is 35.5 Å². The van der Waals surface area contributed by atoms with Crippen molar-refractivity contribution in [2.24, 2.45) is 0 Å². The van der Waals surface area contributed by atoms with Crippen LogP contribution < -0.4 is 14.2 Å². The third kappa shape index (κ3) is 3.88. The van der Waals surface area contributed by atoms with Crippen molar-refractivity contribution in [1.82, 2.24) is 0 Å². The number of hydrogen-bond donors (Lipinski definition) is 1. The average Bonchev–Trinajstić information content (AvgIpc) is 2.58. The lowest BCUT2D eigenvalue weighted by Gasteiger charge is -2.28. The summed E-state index contributed by atoms with van der Waals surface area (Å²) in [5.74, 6) is 1.33. The summed E-state index contributed by atoms with van der Waals surface area (Å²) in [6, 6.07) is 11.1. The summed E-state index contributed by atoms with van der Waals surface area (Å²) >= 11 is 0. The molecule has 134 valence electrons. The number of benzene rings is 2. The van der Waals surface area contributed by atoms with Crippen molar-refractivity contribution in [2.75, 3.05) is 31.8 Å². The molecule has 25 heavy (non-hydrogen) atoms. The molecule has 0 bridgehead atoms. The Morgan fingerprint density at radius 3 is 2.52 bits per heavy atom. The molecule has 1 aliphatic rings. The molecule has 1 atom stereocenters. The lowest BCUT2D eigenvalue weighted by molar-refractivity contribution is 0.0695. The Morgan fingerprint density at radius 2 is 1.84 bits per heavy atom. The molecule has 0 unspecified atom stereocenters. The quantitative estimate of drug-likeness (QED) is 0.884. The zero-order valence-electron chi connectivity index (χ0n) is 14.4. The molecule has 0 aromatic heterocycles. The molecule has 1 heterocycles. The number of rotatable bonds is 5. The number of hydrogen-bond acceptors (Lipinski definition) is 5. The Balaban J connectivity index is 2.02. The van der Waals surface area contributed by atoms with Crippen molar-refractivity contribution in [3.63, 3.8) is 0 Å². The van der Waals surface area contributed by atoms with Gasteiger partial charge in [-0.1, -0.05) is 12.1 Å². The van der Waals surface area contributed by atoms with E-state index >= 15 is 0 Å². The van der Waals surface area contributed by atoms with Crippen molar-refractivity contribution in [1.29, 1.82) is 0 Å². The zero-order valence-corrected chi connectivity index (χ0v) is 15.2. The Bertz CT molecular complexity index is 879. The maximum atomic E-state index is 11.5. The summed E-state index contributed by atoms with van der Waals surface area (Å²) in [6.45, 7) is 0.580. The fourth-order valence-corrected chi connectivity index (χ4v) is 3.58. The first-order chi connectivity index (χ1) is 11.9. The molecule has 0 spiro atoms. The number of nitrogens with one attached hydrogen (secondary N) is 1. The van der Waals surface area contributed by atoms with Crippen LogP contribution in [-0.2, 0) is 21.2 Å². The highest BCUT2D eigenvalue weighted by Crippen LogP contribution is 2.40. The minimum atomic E-state index is -3.33. The maximum Gasteiger partial charge on any atom is 0.229 e. The number of fused-ring (bicyclic) bond motifs is 1.